The maximum Gasteiger partial charge on any atom is 0.132 e. The van der Waals surface area contributed by atoms with Crippen LogP contribution in [-0.4, -0.2) is 5.78 Å². The molecule has 1 heteroatoms. The van der Waals surface area contributed by atoms with Gasteiger partial charge in [0.2, 0.25) is 0 Å². The Balaban J connectivity index is 3.15. The zero-order valence-electron chi connectivity index (χ0n) is 11.6. The third-order valence-corrected chi connectivity index (χ3v) is 3.05. The summed E-state index contributed by atoms with van der Waals surface area (Å²) >= 11 is 0. The smallest absolute Gasteiger partial charge is 0.132 e. The van der Waals surface area contributed by atoms with Gasteiger partial charge in [0.25, 0.3) is 0 Å². The zero-order chi connectivity index (χ0) is 12.2. The lowest BCUT2D eigenvalue weighted by atomic mass is 10.0. The van der Waals surface area contributed by atoms with E-state index in [1.54, 1.807) is 0 Å². The largest absolute Gasteiger partial charge is 0.300 e. The van der Waals surface area contributed by atoms with Gasteiger partial charge in [-0.1, -0.05) is 59.3 Å². The Labute approximate surface area is 102 Å². The van der Waals surface area contributed by atoms with E-state index >= 15 is 0 Å². The van der Waals surface area contributed by atoms with Crippen LogP contribution in [0.15, 0.2) is 0 Å². The summed E-state index contributed by atoms with van der Waals surface area (Å²) in [7, 11) is 0. The average molecular weight is 226 g/mol. The second kappa shape index (κ2) is 11.2. The SMILES string of the molecule is CCCCCC(=O)CCCCCCC(C)C. The Bertz CT molecular complexity index is 161. The summed E-state index contributed by atoms with van der Waals surface area (Å²) in [4.78, 5) is 11.5. The van der Waals surface area contributed by atoms with Gasteiger partial charge in [0, 0.05) is 12.8 Å². The van der Waals surface area contributed by atoms with Gasteiger partial charge >= 0.3 is 0 Å². The minimum absolute atomic E-state index is 0.484. The van der Waals surface area contributed by atoms with Crippen molar-refractivity contribution >= 4 is 5.78 Å². The van der Waals surface area contributed by atoms with E-state index in [1.807, 2.05) is 0 Å². The first-order valence-corrected chi connectivity index (χ1v) is 7.18. The van der Waals surface area contributed by atoms with Gasteiger partial charge in [0.1, 0.15) is 5.78 Å². The summed E-state index contributed by atoms with van der Waals surface area (Å²) < 4.78 is 0. The topological polar surface area (TPSA) is 17.1 Å². The van der Waals surface area contributed by atoms with Gasteiger partial charge in [-0.05, 0) is 18.8 Å². The molecule has 0 radical (unpaired) electrons. The van der Waals surface area contributed by atoms with Crippen molar-refractivity contribution < 1.29 is 4.79 Å². The van der Waals surface area contributed by atoms with Crippen molar-refractivity contribution in [1.82, 2.24) is 0 Å². The number of ketones is 1. The molecule has 0 amide bonds. The molecule has 0 aliphatic rings. The molecule has 0 saturated heterocycles. The molecule has 0 aromatic carbocycles. The summed E-state index contributed by atoms with van der Waals surface area (Å²) in [5, 5.41) is 0. The number of carbonyl (C=O) groups excluding carboxylic acids is 1. The van der Waals surface area contributed by atoms with E-state index in [1.165, 1.54) is 38.5 Å². The van der Waals surface area contributed by atoms with Crippen LogP contribution in [0.4, 0.5) is 0 Å². The van der Waals surface area contributed by atoms with Crippen LogP contribution in [0.5, 0.6) is 0 Å². The molecule has 0 aromatic rings. The molecule has 0 atom stereocenters. The van der Waals surface area contributed by atoms with E-state index in [9.17, 15) is 4.79 Å². The van der Waals surface area contributed by atoms with E-state index in [0.717, 1.165) is 31.6 Å². The number of unbranched alkanes of at least 4 members (excludes halogenated alkanes) is 5. The second-order valence-corrected chi connectivity index (χ2v) is 5.34. The molecular weight excluding hydrogens is 196 g/mol. The van der Waals surface area contributed by atoms with Crippen molar-refractivity contribution in [2.75, 3.05) is 0 Å². The highest BCUT2D eigenvalue weighted by atomic mass is 16.1. The molecule has 0 spiro atoms. The molecule has 0 aliphatic heterocycles. The predicted molar refractivity (Wildman–Crippen MR) is 71.7 cm³/mol. The van der Waals surface area contributed by atoms with Crippen LogP contribution in [0.3, 0.4) is 0 Å². The van der Waals surface area contributed by atoms with Crippen LogP contribution in [0, 0.1) is 5.92 Å². The summed E-state index contributed by atoms with van der Waals surface area (Å²) in [5.41, 5.74) is 0. The van der Waals surface area contributed by atoms with Crippen molar-refractivity contribution in [1.29, 1.82) is 0 Å². The van der Waals surface area contributed by atoms with Crippen molar-refractivity contribution in [2.24, 2.45) is 5.92 Å². The molecule has 1 nitrogen and oxygen atoms in total. The Kier molecular flexibility index (Phi) is 10.9. The molecule has 0 bridgehead atoms. The van der Waals surface area contributed by atoms with Gasteiger partial charge in [-0.2, -0.15) is 0 Å². The average Bonchev–Trinajstić information content (AvgIpc) is 2.23. The summed E-state index contributed by atoms with van der Waals surface area (Å²) in [5.74, 6) is 1.31. The van der Waals surface area contributed by atoms with Crippen molar-refractivity contribution in [3.8, 4) is 0 Å². The Morgan fingerprint density at radius 2 is 1.44 bits per heavy atom. The monoisotopic (exact) mass is 226 g/mol. The highest BCUT2D eigenvalue weighted by molar-refractivity contribution is 5.78. The number of Topliss-reactive ketones (excluding diaryl/α,β-unsaturated/α-hetero) is 1. The van der Waals surface area contributed by atoms with Gasteiger partial charge < -0.3 is 0 Å². The first-order valence-electron chi connectivity index (χ1n) is 7.18. The second-order valence-electron chi connectivity index (χ2n) is 5.34. The van der Waals surface area contributed by atoms with Gasteiger partial charge in [0.05, 0.1) is 0 Å². The molecule has 0 aliphatic carbocycles. The van der Waals surface area contributed by atoms with Crippen LogP contribution in [-0.2, 0) is 4.79 Å². The lowest BCUT2D eigenvalue weighted by Crippen LogP contribution is -1.97. The summed E-state index contributed by atoms with van der Waals surface area (Å²) in [6, 6.07) is 0. The molecule has 16 heavy (non-hydrogen) atoms. The van der Waals surface area contributed by atoms with E-state index in [4.69, 9.17) is 0 Å². The van der Waals surface area contributed by atoms with Gasteiger partial charge in [-0.3, -0.25) is 4.79 Å². The standard InChI is InChI=1S/C15H30O/c1-4-5-8-12-15(16)13-10-7-6-9-11-14(2)3/h14H,4-13H2,1-3H3. The molecule has 0 heterocycles. The molecule has 0 N–H and O–H groups in total. The van der Waals surface area contributed by atoms with E-state index in [0.29, 0.717) is 5.78 Å². The van der Waals surface area contributed by atoms with Crippen molar-refractivity contribution in [3.63, 3.8) is 0 Å². The van der Waals surface area contributed by atoms with E-state index in [2.05, 4.69) is 20.8 Å². The first kappa shape index (κ1) is 15.7. The van der Waals surface area contributed by atoms with Gasteiger partial charge in [-0.25, -0.2) is 0 Å². The first-order chi connectivity index (χ1) is 7.66. The fourth-order valence-electron chi connectivity index (χ4n) is 1.93. The van der Waals surface area contributed by atoms with Crippen LogP contribution >= 0.6 is 0 Å². The Morgan fingerprint density at radius 1 is 0.875 bits per heavy atom. The van der Waals surface area contributed by atoms with Gasteiger partial charge in [-0.15, -0.1) is 0 Å². The Hall–Kier alpha value is -0.330. The van der Waals surface area contributed by atoms with E-state index in [-0.39, 0.29) is 0 Å². The third kappa shape index (κ3) is 11.7. The fraction of sp³-hybridized carbons (Fsp3) is 0.933. The number of rotatable bonds is 11. The number of hydrogen-bond acceptors (Lipinski definition) is 1. The van der Waals surface area contributed by atoms with Crippen LogP contribution in [0.1, 0.15) is 85.0 Å². The van der Waals surface area contributed by atoms with Gasteiger partial charge in [0.15, 0.2) is 0 Å². The third-order valence-electron chi connectivity index (χ3n) is 3.05. The minimum atomic E-state index is 0.484. The van der Waals surface area contributed by atoms with Crippen molar-refractivity contribution in [3.05, 3.63) is 0 Å². The van der Waals surface area contributed by atoms with E-state index < -0.39 is 0 Å². The highest BCUT2D eigenvalue weighted by Crippen LogP contribution is 2.11. The highest BCUT2D eigenvalue weighted by Gasteiger charge is 2.01. The van der Waals surface area contributed by atoms with Crippen LogP contribution in [0.2, 0.25) is 0 Å². The van der Waals surface area contributed by atoms with Crippen LogP contribution in [0.25, 0.3) is 0 Å². The zero-order valence-corrected chi connectivity index (χ0v) is 11.6. The molecular formula is C15H30O. The lowest BCUT2D eigenvalue weighted by Gasteiger charge is -2.04. The van der Waals surface area contributed by atoms with Crippen LogP contribution < -0.4 is 0 Å². The lowest BCUT2D eigenvalue weighted by molar-refractivity contribution is -0.119. The summed E-state index contributed by atoms with van der Waals surface area (Å²) in [6.45, 7) is 6.73. The minimum Gasteiger partial charge on any atom is -0.300 e. The molecule has 0 aromatic heterocycles. The quantitative estimate of drug-likeness (QED) is 0.446. The van der Waals surface area contributed by atoms with Crippen molar-refractivity contribution in [2.45, 2.75) is 85.0 Å². The predicted octanol–water partition coefficient (Wildman–Crippen LogP) is 5.13. The molecule has 0 unspecified atom stereocenters. The Morgan fingerprint density at radius 3 is 2.00 bits per heavy atom. The maximum atomic E-state index is 11.5. The fourth-order valence-corrected chi connectivity index (χ4v) is 1.93. The number of hydrogen-bond donors (Lipinski definition) is 0. The molecule has 0 saturated carbocycles. The molecule has 0 fully saturated rings. The maximum absolute atomic E-state index is 11.5. The molecule has 0 rings (SSSR count). The molecule has 96 valence electrons. The summed E-state index contributed by atoms with van der Waals surface area (Å²) in [6.07, 6.45) is 11.5. The number of carbonyl (C=O) groups is 1. The normalized spacial score (nSPS) is 11.0.